The summed E-state index contributed by atoms with van der Waals surface area (Å²) in [5.74, 6) is -2.57. The molecule has 0 saturated heterocycles. The molecule has 1 aromatic carbocycles. The topological polar surface area (TPSA) is 83.5 Å². The van der Waals surface area contributed by atoms with Crippen LogP contribution in [0.3, 0.4) is 0 Å². The van der Waals surface area contributed by atoms with E-state index in [2.05, 4.69) is 5.32 Å². The van der Waals surface area contributed by atoms with Crippen molar-refractivity contribution in [3.05, 3.63) is 35.6 Å². The van der Waals surface area contributed by atoms with E-state index in [0.29, 0.717) is 0 Å². The van der Waals surface area contributed by atoms with Gasteiger partial charge >= 0.3 is 5.97 Å². The average molecular weight is 267 g/mol. The van der Waals surface area contributed by atoms with Crippen molar-refractivity contribution >= 4 is 17.7 Å². The third-order valence-corrected chi connectivity index (χ3v) is 2.41. The van der Waals surface area contributed by atoms with Crippen LogP contribution in [0, 0.1) is 5.82 Å². The number of carboxylic acid groups (broad SMARTS) is 1. The van der Waals surface area contributed by atoms with E-state index >= 15 is 0 Å². The third kappa shape index (κ3) is 5.29. The lowest BCUT2D eigenvalue weighted by Gasteiger charge is -2.05. The second kappa shape index (κ2) is 7.25. The lowest BCUT2D eigenvalue weighted by molar-refractivity contribution is -0.137. The van der Waals surface area contributed by atoms with Gasteiger partial charge < -0.3 is 10.4 Å². The molecule has 1 aromatic rings. The zero-order chi connectivity index (χ0) is 14.3. The van der Waals surface area contributed by atoms with Crippen molar-refractivity contribution in [2.24, 2.45) is 0 Å². The first-order valence-corrected chi connectivity index (χ1v) is 5.77. The highest BCUT2D eigenvalue weighted by Crippen LogP contribution is 2.05. The Morgan fingerprint density at radius 3 is 2.47 bits per heavy atom. The van der Waals surface area contributed by atoms with Gasteiger partial charge in [0, 0.05) is 12.8 Å². The van der Waals surface area contributed by atoms with Crippen molar-refractivity contribution in [2.75, 3.05) is 6.54 Å². The summed E-state index contributed by atoms with van der Waals surface area (Å²) in [6.07, 6.45) is 0.209. The van der Waals surface area contributed by atoms with Crippen molar-refractivity contribution in [1.29, 1.82) is 0 Å². The zero-order valence-electron chi connectivity index (χ0n) is 10.2. The number of carboxylic acids is 1. The number of rotatable bonds is 7. The first-order chi connectivity index (χ1) is 9.00. The maximum atomic E-state index is 13.2. The Morgan fingerprint density at radius 1 is 1.16 bits per heavy atom. The largest absolute Gasteiger partial charge is 0.481 e. The minimum absolute atomic E-state index is 0.0733. The molecule has 1 amide bonds. The van der Waals surface area contributed by atoms with E-state index < -0.39 is 17.7 Å². The molecule has 0 atom stereocenters. The van der Waals surface area contributed by atoms with Crippen LogP contribution in [0.25, 0.3) is 0 Å². The van der Waals surface area contributed by atoms with Crippen LogP contribution in [0.1, 0.15) is 29.6 Å². The highest BCUT2D eigenvalue weighted by Gasteiger charge is 2.12. The van der Waals surface area contributed by atoms with E-state index in [4.69, 9.17) is 5.11 Å². The molecule has 0 heterocycles. The molecule has 0 aliphatic heterocycles. The van der Waals surface area contributed by atoms with Crippen LogP contribution < -0.4 is 5.32 Å². The zero-order valence-corrected chi connectivity index (χ0v) is 10.2. The van der Waals surface area contributed by atoms with E-state index in [1.165, 1.54) is 18.2 Å². The smallest absolute Gasteiger partial charge is 0.303 e. The number of nitrogens with one attached hydrogen (secondary N) is 1. The Morgan fingerprint density at radius 2 is 1.84 bits per heavy atom. The number of hydrogen-bond donors (Lipinski definition) is 2. The third-order valence-electron chi connectivity index (χ3n) is 2.41. The van der Waals surface area contributed by atoms with E-state index in [-0.39, 0.29) is 37.2 Å². The SMILES string of the molecule is O=C(O)CCCC(=O)CNC(=O)c1ccccc1F. The van der Waals surface area contributed by atoms with Gasteiger partial charge in [-0.25, -0.2) is 4.39 Å². The van der Waals surface area contributed by atoms with Crippen molar-refractivity contribution in [1.82, 2.24) is 5.32 Å². The monoisotopic (exact) mass is 267 g/mol. The Kier molecular flexibility index (Phi) is 5.66. The summed E-state index contributed by atoms with van der Waals surface area (Å²) in [6, 6.07) is 5.46. The minimum atomic E-state index is -0.969. The number of carbonyl (C=O) groups is 3. The van der Waals surface area contributed by atoms with E-state index in [1.807, 2.05) is 0 Å². The predicted octanol–water partition coefficient (Wildman–Crippen LogP) is 1.38. The summed E-state index contributed by atoms with van der Waals surface area (Å²) in [6.45, 7) is -0.229. The second-order valence-electron chi connectivity index (χ2n) is 3.95. The number of aliphatic carboxylic acids is 1. The first kappa shape index (κ1) is 14.8. The number of Topliss-reactive ketones (excluding diaryl/α,β-unsaturated/α-hetero) is 1. The highest BCUT2D eigenvalue weighted by molar-refractivity contribution is 5.96. The van der Waals surface area contributed by atoms with Crippen molar-refractivity contribution < 1.29 is 23.9 Å². The van der Waals surface area contributed by atoms with Crippen LogP contribution in [0.15, 0.2) is 24.3 Å². The van der Waals surface area contributed by atoms with Crippen LogP contribution >= 0.6 is 0 Å². The Balaban J connectivity index is 2.36. The van der Waals surface area contributed by atoms with E-state index in [9.17, 15) is 18.8 Å². The molecule has 0 aliphatic rings. The molecule has 0 aromatic heterocycles. The molecule has 0 saturated carbocycles. The van der Waals surface area contributed by atoms with E-state index in [0.717, 1.165) is 6.07 Å². The summed E-state index contributed by atoms with van der Waals surface area (Å²) < 4.78 is 13.2. The molecule has 19 heavy (non-hydrogen) atoms. The summed E-state index contributed by atoms with van der Waals surface area (Å²) in [7, 11) is 0. The minimum Gasteiger partial charge on any atom is -0.481 e. The summed E-state index contributed by atoms with van der Waals surface area (Å²) in [5.41, 5.74) is -0.124. The Hall–Kier alpha value is -2.24. The Bertz CT molecular complexity index is 487. The Labute approximate surface area is 109 Å². The molecule has 0 fully saturated rings. The van der Waals surface area contributed by atoms with Gasteiger partial charge in [0.25, 0.3) is 5.91 Å². The number of halogens is 1. The fraction of sp³-hybridized carbons (Fsp3) is 0.308. The van der Waals surface area contributed by atoms with Gasteiger partial charge in [-0.2, -0.15) is 0 Å². The van der Waals surface area contributed by atoms with Gasteiger partial charge in [-0.1, -0.05) is 12.1 Å². The van der Waals surface area contributed by atoms with Gasteiger partial charge in [-0.3, -0.25) is 14.4 Å². The molecular formula is C13H14FNO4. The van der Waals surface area contributed by atoms with Crippen molar-refractivity contribution in [2.45, 2.75) is 19.3 Å². The highest BCUT2D eigenvalue weighted by atomic mass is 19.1. The molecule has 2 N–H and O–H groups in total. The van der Waals surface area contributed by atoms with Gasteiger partial charge in [-0.05, 0) is 18.6 Å². The fourth-order valence-corrected chi connectivity index (χ4v) is 1.44. The molecule has 0 unspecified atom stereocenters. The molecule has 6 heteroatoms. The molecule has 0 aliphatic carbocycles. The molecule has 0 bridgehead atoms. The van der Waals surface area contributed by atoms with Crippen LogP contribution in [-0.4, -0.2) is 29.3 Å². The van der Waals surface area contributed by atoms with Crippen LogP contribution in [0.5, 0.6) is 0 Å². The quantitative estimate of drug-likeness (QED) is 0.781. The lowest BCUT2D eigenvalue weighted by Crippen LogP contribution is -2.30. The van der Waals surface area contributed by atoms with Crippen LogP contribution in [0.2, 0.25) is 0 Å². The summed E-state index contributed by atoms with van der Waals surface area (Å²) in [5, 5.41) is 10.7. The second-order valence-corrected chi connectivity index (χ2v) is 3.95. The van der Waals surface area contributed by atoms with Crippen LogP contribution in [-0.2, 0) is 9.59 Å². The summed E-state index contributed by atoms with van der Waals surface area (Å²) in [4.78, 5) is 33.1. The lowest BCUT2D eigenvalue weighted by atomic mass is 10.1. The number of amides is 1. The van der Waals surface area contributed by atoms with Gasteiger partial charge in [0.2, 0.25) is 0 Å². The van der Waals surface area contributed by atoms with Gasteiger partial charge in [0.1, 0.15) is 5.82 Å². The molecule has 102 valence electrons. The van der Waals surface area contributed by atoms with E-state index in [1.54, 1.807) is 0 Å². The summed E-state index contributed by atoms with van der Waals surface area (Å²) >= 11 is 0. The molecule has 5 nitrogen and oxygen atoms in total. The molecule has 1 rings (SSSR count). The van der Waals surface area contributed by atoms with Crippen molar-refractivity contribution in [3.63, 3.8) is 0 Å². The van der Waals surface area contributed by atoms with Crippen LogP contribution in [0.4, 0.5) is 4.39 Å². The average Bonchev–Trinajstić information content (AvgIpc) is 2.36. The molecule has 0 spiro atoms. The predicted molar refractivity (Wildman–Crippen MR) is 65.2 cm³/mol. The first-order valence-electron chi connectivity index (χ1n) is 5.77. The number of carbonyl (C=O) groups excluding carboxylic acids is 2. The molecular weight excluding hydrogens is 253 g/mol. The maximum absolute atomic E-state index is 13.2. The standard InChI is InChI=1S/C13H14FNO4/c14-11-6-2-1-5-10(11)13(19)15-8-9(16)4-3-7-12(17)18/h1-2,5-6H,3-4,7-8H2,(H,15,19)(H,17,18). The number of ketones is 1. The van der Waals surface area contributed by atoms with Gasteiger partial charge in [0.15, 0.2) is 5.78 Å². The van der Waals surface area contributed by atoms with Gasteiger partial charge in [-0.15, -0.1) is 0 Å². The molecule has 0 radical (unpaired) electrons. The van der Waals surface area contributed by atoms with Gasteiger partial charge in [0.05, 0.1) is 12.1 Å². The fourth-order valence-electron chi connectivity index (χ4n) is 1.44. The number of benzene rings is 1. The normalized spacial score (nSPS) is 9.95. The van der Waals surface area contributed by atoms with Crippen molar-refractivity contribution in [3.8, 4) is 0 Å². The maximum Gasteiger partial charge on any atom is 0.303 e. The number of hydrogen-bond acceptors (Lipinski definition) is 3.